The first kappa shape index (κ1) is 11.0. The Balaban J connectivity index is 2.11. The number of rotatable bonds is 3. The molecule has 2 heterocycles. The van der Waals surface area contributed by atoms with Crippen LogP contribution in [0.15, 0.2) is 8.68 Å². The molecular weight excluding hydrogens is 248 g/mol. The Labute approximate surface area is 100 Å². The van der Waals surface area contributed by atoms with Crippen molar-refractivity contribution < 1.29 is 0 Å². The highest BCUT2D eigenvalue weighted by molar-refractivity contribution is 8.02. The van der Waals surface area contributed by atoms with Crippen LogP contribution < -0.4 is 0 Å². The molecule has 2 aromatic heterocycles. The molecule has 2 aromatic rings. The van der Waals surface area contributed by atoms with Crippen LogP contribution in [-0.4, -0.2) is 19.6 Å². The van der Waals surface area contributed by atoms with Crippen LogP contribution in [0.4, 0.5) is 0 Å². The zero-order valence-electron chi connectivity index (χ0n) is 8.59. The third-order valence-corrected chi connectivity index (χ3v) is 4.28. The summed E-state index contributed by atoms with van der Waals surface area (Å²) >= 11 is 4.54. The van der Waals surface area contributed by atoms with Gasteiger partial charge in [-0.3, -0.25) is 0 Å². The van der Waals surface area contributed by atoms with Gasteiger partial charge in [0.05, 0.1) is 0 Å². The van der Waals surface area contributed by atoms with Crippen molar-refractivity contribution in [3.8, 4) is 0 Å². The Bertz CT molecular complexity index is 448. The van der Waals surface area contributed by atoms with E-state index in [4.69, 9.17) is 0 Å². The Hall–Kier alpha value is -0.530. The minimum absolute atomic E-state index is 0.381. The summed E-state index contributed by atoms with van der Waals surface area (Å²) in [5.41, 5.74) is 0. The molecule has 15 heavy (non-hydrogen) atoms. The van der Waals surface area contributed by atoms with Gasteiger partial charge in [-0.2, -0.15) is 4.37 Å². The lowest BCUT2D eigenvalue weighted by Crippen LogP contribution is -1.88. The molecule has 0 fully saturated rings. The predicted molar refractivity (Wildman–Crippen MR) is 62.8 cm³/mol. The SMILES string of the molecule is Cc1nnc(Sc2nc(C(C)C)ns2)s1. The van der Waals surface area contributed by atoms with Crippen molar-refractivity contribution in [1.82, 2.24) is 19.6 Å². The van der Waals surface area contributed by atoms with Gasteiger partial charge in [-0.15, -0.1) is 10.2 Å². The van der Waals surface area contributed by atoms with Crippen molar-refractivity contribution in [2.75, 3.05) is 0 Å². The van der Waals surface area contributed by atoms with Crippen LogP contribution in [0.25, 0.3) is 0 Å². The first-order chi connectivity index (χ1) is 7.15. The summed E-state index contributed by atoms with van der Waals surface area (Å²) in [6, 6.07) is 0. The van der Waals surface area contributed by atoms with Crippen LogP contribution in [0.5, 0.6) is 0 Å². The molecule has 0 spiro atoms. The van der Waals surface area contributed by atoms with Crippen LogP contribution in [0, 0.1) is 6.92 Å². The lowest BCUT2D eigenvalue weighted by atomic mass is 10.2. The maximum Gasteiger partial charge on any atom is 0.181 e. The van der Waals surface area contributed by atoms with E-state index in [1.807, 2.05) is 6.92 Å². The molecule has 0 aliphatic rings. The molecule has 0 bridgehead atoms. The van der Waals surface area contributed by atoms with Crippen molar-refractivity contribution in [1.29, 1.82) is 0 Å². The predicted octanol–water partition coefficient (Wildman–Crippen LogP) is 2.97. The fourth-order valence-corrected chi connectivity index (χ4v) is 3.66. The number of aromatic nitrogens is 4. The van der Waals surface area contributed by atoms with Gasteiger partial charge in [0.15, 0.2) is 8.68 Å². The van der Waals surface area contributed by atoms with E-state index >= 15 is 0 Å². The number of nitrogens with zero attached hydrogens (tertiary/aromatic N) is 4. The van der Waals surface area contributed by atoms with Gasteiger partial charge < -0.3 is 0 Å². The molecular formula is C8H10N4S3. The first-order valence-electron chi connectivity index (χ1n) is 4.46. The van der Waals surface area contributed by atoms with Crippen molar-refractivity contribution in [2.45, 2.75) is 35.4 Å². The first-order valence-corrected chi connectivity index (χ1v) is 6.87. The molecule has 0 amide bonds. The van der Waals surface area contributed by atoms with Crippen LogP contribution in [0.2, 0.25) is 0 Å². The highest BCUT2D eigenvalue weighted by Crippen LogP contribution is 2.31. The third-order valence-electron chi connectivity index (χ3n) is 1.62. The summed E-state index contributed by atoms with van der Waals surface area (Å²) in [5.74, 6) is 1.29. The maximum atomic E-state index is 4.42. The summed E-state index contributed by atoms with van der Waals surface area (Å²) in [4.78, 5) is 4.42. The fourth-order valence-electron chi connectivity index (χ4n) is 0.890. The molecule has 4 nitrogen and oxygen atoms in total. The second-order valence-corrected chi connectivity index (χ2v) is 6.69. The van der Waals surface area contributed by atoms with E-state index in [0.29, 0.717) is 5.92 Å². The van der Waals surface area contributed by atoms with Crippen LogP contribution >= 0.6 is 34.6 Å². The molecule has 2 rings (SSSR count). The molecule has 0 saturated heterocycles. The average Bonchev–Trinajstić information content (AvgIpc) is 2.76. The molecule has 0 aliphatic heterocycles. The molecule has 80 valence electrons. The maximum absolute atomic E-state index is 4.42. The summed E-state index contributed by atoms with van der Waals surface area (Å²) < 4.78 is 6.15. The van der Waals surface area contributed by atoms with Crippen LogP contribution in [0.1, 0.15) is 30.6 Å². The van der Waals surface area contributed by atoms with Crippen LogP contribution in [-0.2, 0) is 0 Å². The normalized spacial score (nSPS) is 11.2. The molecule has 0 radical (unpaired) electrons. The lowest BCUT2D eigenvalue weighted by Gasteiger charge is -1.93. The van der Waals surface area contributed by atoms with E-state index in [0.717, 1.165) is 19.5 Å². The molecule has 0 aromatic carbocycles. The molecule has 7 heteroatoms. The fraction of sp³-hybridized carbons (Fsp3) is 0.500. The van der Waals surface area contributed by atoms with Gasteiger partial charge in [0, 0.05) is 5.92 Å². The highest BCUT2D eigenvalue weighted by Gasteiger charge is 2.10. The van der Waals surface area contributed by atoms with E-state index in [2.05, 4.69) is 33.4 Å². The number of aryl methyl sites for hydroxylation is 1. The van der Waals surface area contributed by atoms with Crippen molar-refractivity contribution in [3.63, 3.8) is 0 Å². The van der Waals surface area contributed by atoms with E-state index in [-0.39, 0.29) is 0 Å². The Kier molecular flexibility index (Phi) is 3.32. The number of hydrogen-bond acceptors (Lipinski definition) is 7. The topological polar surface area (TPSA) is 51.6 Å². The molecule has 0 unspecified atom stereocenters. The summed E-state index contributed by atoms with van der Waals surface area (Å²) in [6.45, 7) is 6.12. The second kappa shape index (κ2) is 4.54. The van der Waals surface area contributed by atoms with Gasteiger partial charge in [-0.25, -0.2) is 4.98 Å². The van der Waals surface area contributed by atoms with Crippen LogP contribution in [0.3, 0.4) is 0 Å². The third kappa shape index (κ3) is 2.73. The molecule has 0 atom stereocenters. The molecule has 0 N–H and O–H groups in total. The summed E-state index contributed by atoms with van der Waals surface area (Å²) in [5, 5.41) is 8.97. The smallest absolute Gasteiger partial charge is 0.181 e. The quantitative estimate of drug-likeness (QED) is 0.847. The van der Waals surface area contributed by atoms with Crippen molar-refractivity contribution in [3.05, 3.63) is 10.8 Å². The Morgan fingerprint density at radius 1 is 1.20 bits per heavy atom. The zero-order chi connectivity index (χ0) is 10.8. The van der Waals surface area contributed by atoms with Crippen molar-refractivity contribution >= 4 is 34.6 Å². The second-order valence-electron chi connectivity index (χ2n) is 3.26. The van der Waals surface area contributed by atoms with E-state index in [9.17, 15) is 0 Å². The van der Waals surface area contributed by atoms with E-state index in [1.54, 1.807) is 11.3 Å². The Morgan fingerprint density at radius 2 is 2.00 bits per heavy atom. The van der Waals surface area contributed by atoms with E-state index in [1.165, 1.54) is 23.3 Å². The van der Waals surface area contributed by atoms with E-state index < -0.39 is 0 Å². The van der Waals surface area contributed by atoms with Gasteiger partial charge >= 0.3 is 0 Å². The summed E-state index contributed by atoms with van der Waals surface area (Å²) in [6.07, 6.45) is 0. The largest absolute Gasteiger partial charge is 0.212 e. The van der Waals surface area contributed by atoms with Gasteiger partial charge in [-0.1, -0.05) is 25.2 Å². The molecule has 0 aliphatic carbocycles. The minimum Gasteiger partial charge on any atom is -0.212 e. The summed E-state index contributed by atoms with van der Waals surface area (Å²) in [7, 11) is 0. The molecule has 0 saturated carbocycles. The lowest BCUT2D eigenvalue weighted by molar-refractivity contribution is 0.789. The minimum atomic E-state index is 0.381. The zero-order valence-corrected chi connectivity index (χ0v) is 11.0. The Morgan fingerprint density at radius 3 is 2.53 bits per heavy atom. The van der Waals surface area contributed by atoms with Gasteiger partial charge in [0.1, 0.15) is 10.8 Å². The average molecular weight is 258 g/mol. The van der Waals surface area contributed by atoms with Gasteiger partial charge in [0.2, 0.25) is 0 Å². The number of hydrogen-bond donors (Lipinski definition) is 0. The van der Waals surface area contributed by atoms with Crippen molar-refractivity contribution in [2.24, 2.45) is 0 Å². The van der Waals surface area contributed by atoms with Gasteiger partial charge in [0.25, 0.3) is 0 Å². The monoisotopic (exact) mass is 258 g/mol. The standard InChI is InChI=1S/C8H10N4S3/c1-4(2)6-9-7(15-12-6)14-8-11-10-5(3)13-8/h4H,1-3H3. The highest BCUT2D eigenvalue weighted by atomic mass is 32.2. The van der Waals surface area contributed by atoms with Gasteiger partial charge in [-0.05, 0) is 30.2 Å².